The van der Waals surface area contributed by atoms with Gasteiger partial charge in [0.15, 0.2) is 0 Å². The maximum absolute atomic E-state index is 13.4. The Hall–Kier alpha value is -1.91. The number of nitrogens with zero attached hydrogens (tertiary/aromatic N) is 1. The van der Waals surface area contributed by atoms with E-state index in [0.29, 0.717) is 11.1 Å². The third kappa shape index (κ3) is 4.06. The van der Waals surface area contributed by atoms with Crippen molar-refractivity contribution in [2.45, 2.75) is 18.2 Å². The molecule has 1 aromatic heterocycles. The minimum atomic E-state index is -4.33. The first-order valence-electron chi connectivity index (χ1n) is 5.94. The first-order valence-corrected chi connectivity index (χ1v) is 8.31. The number of nitrogens with one attached hydrogen (secondary N) is 2. The molecule has 0 radical (unpaired) electrons. The highest BCUT2D eigenvalue weighted by Crippen LogP contribution is 2.14. The normalized spacial score (nSPS) is 11.4. The van der Waals surface area contributed by atoms with E-state index >= 15 is 0 Å². The number of hydrazine groups is 1. The first kappa shape index (κ1) is 16.5. The van der Waals surface area contributed by atoms with E-state index in [1.54, 1.807) is 17.1 Å². The number of rotatable bonds is 5. The Labute approximate surface area is 129 Å². The smallest absolute Gasteiger partial charge is 0.260 e. The largest absolute Gasteiger partial charge is 0.277 e. The van der Waals surface area contributed by atoms with E-state index in [2.05, 4.69) is 4.98 Å². The maximum Gasteiger partial charge on any atom is 0.260 e. The molecule has 0 spiro atoms. The van der Waals surface area contributed by atoms with Crippen molar-refractivity contribution < 1.29 is 22.0 Å². The monoisotopic (exact) mass is 347 g/mol. The summed E-state index contributed by atoms with van der Waals surface area (Å²) in [6.07, 6.45) is -0.118. The fourth-order valence-electron chi connectivity index (χ4n) is 1.54. The molecule has 6 nitrogen and oxygen atoms in total. The van der Waals surface area contributed by atoms with Gasteiger partial charge in [-0.3, -0.25) is 10.2 Å². The van der Waals surface area contributed by atoms with Gasteiger partial charge in [0.25, 0.3) is 10.0 Å². The van der Waals surface area contributed by atoms with Crippen LogP contribution >= 0.6 is 11.3 Å². The van der Waals surface area contributed by atoms with Gasteiger partial charge in [-0.15, -0.1) is 16.2 Å². The lowest BCUT2D eigenvalue weighted by atomic mass is 10.3. The highest BCUT2D eigenvalue weighted by molar-refractivity contribution is 7.89. The Bertz CT molecular complexity index is 806. The van der Waals surface area contributed by atoms with Gasteiger partial charge in [0.1, 0.15) is 21.5 Å². The number of halogens is 2. The molecule has 0 fully saturated rings. The number of carbonyl (C=O) groups excluding carboxylic acids is 1. The summed E-state index contributed by atoms with van der Waals surface area (Å²) in [5.74, 6) is -2.81. The van der Waals surface area contributed by atoms with Gasteiger partial charge in [0, 0.05) is 17.1 Å². The molecule has 2 rings (SSSR count). The van der Waals surface area contributed by atoms with Crippen molar-refractivity contribution in [2.24, 2.45) is 0 Å². The number of aromatic nitrogens is 1. The molecule has 1 amide bonds. The molecule has 1 aromatic carbocycles. The van der Waals surface area contributed by atoms with E-state index in [1.165, 1.54) is 11.3 Å². The van der Waals surface area contributed by atoms with E-state index < -0.39 is 32.5 Å². The average Bonchev–Trinajstić information content (AvgIpc) is 2.81. The zero-order valence-electron chi connectivity index (χ0n) is 11.3. The zero-order valence-corrected chi connectivity index (χ0v) is 12.9. The topological polar surface area (TPSA) is 88.2 Å². The molecular weight excluding hydrogens is 336 g/mol. The van der Waals surface area contributed by atoms with Crippen molar-refractivity contribution >= 4 is 27.3 Å². The van der Waals surface area contributed by atoms with Crippen LogP contribution in [0.4, 0.5) is 8.78 Å². The lowest BCUT2D eigenvalue weighted by molar-refractivity contribution is -0.120. The molecule has 0 bridgehead atoms. The minimum absolute atomic E-state index is 0.118. The van der Waals surface area contributed by atoms with E-state index in [0.717, 1.165) is 17.8 Å². The molecule has 0 aliphatic carbocycles. The number of amides is 1. The third-order valence-electron chi connectivity index (χ3n) is 2.49. The van der Waals surface area contributed by atoms with Gasteiger partial charge in [0.2, 0.25) is 5.91 Å². The van der Waals surface area contributed by atoms with Crippen LogP contribution in [0.3, 0.4) is 0 Å². The standard InChI is InChI=1S/C12H11F2N3O3S2/c1-7-6-21-12(15-7)5-11(18)16-17-22(19,20)10-3-2-8(13)4-9(10)14/h2-4,6,17H,5H2,1H3,(H,16,18). The number of thiazole rings is 1. The van der Waals surface area contributed by atoms with Crippen LogP contribution in [-0.4, -0.2) is 19.3 Å². The second kappa shape index (κ2) is 6.46. The fourth-order valence-corrected chi connectivity index (χ4v) is 3.23. The predicted molar refractivity (Wildman–Crippen MR) is 75.4 cm³/mol. The molecule has 10 heteroatoms. The van der Waals surface area contributed by atoms with Crippen LogP contribution in [0.5, 0.6) is 0 Å². The fraction of sp³-hybridized carbons (Fsp3) is 0.167. The van der Waals surface area contributed by atoms with Crippen LogP contribution in [0.25, 0.3) is 0 Å². The Morgan fingerprint density at radius 1 is 1.36 bits per heavy atom. The van der Waals surface area contributed by atoms with Crippen LogP contribution in [-0.2, 0) is 21.2 Å². The Kier molecular flexibility index (Phi) is 4.84. The summed E-state index contributed by atoms with van der Waals surface area (Å²) >= 11 is 1.26. The molecule has 0 aliphatic heterocycles. The number of hydrogen-bond acceptors (Lipinski definition) is 5. The third-order valence-corrected chi connectivity index (χ3v) is 4.73. The van der Waals surface area contributed by atoms with Gasteiger partial charge < -0.3 is 0 Å². The van der Waals surface area contributed by atoms with Crippen molar-refractivity contribution in [3.8, 4) is 0 Å². The molecule has 22 heavy (non-hydrogen) atoms. The summed E-state index contributed by atoms with van der Waals surface area (Å²) in [5.41, 5.74) is 2.70. The van der Waals surface area contributed by atoms with Crippen molar-refractivity contribution in [2.75, 3.05) is 0 Å². The van der Waals surface area contributed by atoms with Crippen LogP contribution in [0.2, 0.25) is 0 Å². The number of hydrogen-bond donors (Lipinski definition) is 2. The Balaban J connectivity index is 2.01. The Morgan fingerprint density at radius 2 is 2.09 bits per heavy atom. The summed E-state index contributed by atoms with van der Waals surface area (Å²) in [7, 11) is -4.33. The second-order valence-corrected chi connectivity index (χ2v) is 6.88. The van der Waals surface area contributed by atoms with Crippen molar-refractivity contribution in [1.82, 2.24) is 15.2 Å². The molecule has 0 unspecified atom stereocenters. The van der Waals surface area contributed by atoms with Crippen molar-refractivity contribution in [3.05, 3.63) is 45.9 Å². The highest BCUT2D eigenvalue weighted by Gasteiger charge is 2.20. The summed E-state index contributed by atoms with van der Waals surface area (Å²) < 4.78 is 49.9. The average molecular weight is 347 g/mol. The number of aryl methyl sites for hydroxylation is 1. The number of benzene rings is 1. The lowest BCUT2D eigenvalue weighted by Gasteiger charge is -2.08. The van der Waals surface area contributed by atoms with Crippen molar-refractivity contribution in [1.29, 1.82) is 0 Å². The van der Waals surface area contributed by atoms with E-state index in [1.807, 2.05) is 5.43 Å². The van der Waals surface area contributed by atoms with Gasteiger partial charge >= 0.3 is 0 Å². The molecular formula is C12H11F2N3O3S2. The molecule has 0 saturated carbocycles. The molecule has 0 atom stereocenters. The van der Waals surface area contributed by atoms with Gasteiger partial charge in [-0.2, -0.15) is 0 Å². The molecule has 2 aromatic rings. The SMILES string of the molecule is Cc1csc(CC(=O)NNS(=O)(=O)c2ccc(F)cc2F)n1. The van der Waals surface area contributed by atoms with Gasteiger partial charge in [0.05, 0.1) is 6.42 Å². The maximum atomic E-state index is 13.4. The highest BCUT2D eigenvalue weighted by atomic mass is 32.2. The molecule has 118 valence electrons. The number of sulfonamides is 1. The zero-order chi connectivity index (χ0) is 16.3. The summed E-state index contributed by atoms with van der Waals surface area (Å²) in [6, 6.07) is 2.01. The molecule has 1 heterocycles. The van der Waals surface area contributed by atoms with Gasteiger partial charge in [-0.1, -0.05) is 0 Å². The summed E-state index contributed by atoms with van der Waals surface area (Å²) in [4.78, 5) is 16.7. The summed E-state index contributed by atoms with van der Waals surface area (Å²) in [5, 5.41) is 2.27. The first-order chi connectivity index (χ1) is 10.3. The Morgan fingerprint density at radius 3 is 2.68 bits per heavy atom. The van der Waals surface area contributed by atoms with E-state index in [-0.39, 0.29) is 6.42 Å². The molecule has 2 N–H and O–H groups in total. The van der Waals surface area contributed by atoms with Crippen molar-refractivity contribution in [3.63, 3.8) is 0 Å². The van der Waals surface area contributed by atoms with Crippen LogP contribution < -0.4 is 10.3 Å². The second-order valence-electron chi connectivity index (χ2n) is 4.29. The molecule has 0 aliphatic rings. The van der Waals surface area contributed by atoms with Gasteiger partial charge in [-0.05, 0) is 19.1 Å². The molecule has 0 saturated heterocycles. The quantitative estimate of drug-likeness (QED) is 0.798. The van der Waals surface area contributed by atoms with E-state index in [9.17, 15) is 22.0 Å². The summed E-state index contributed by atoms with van der Waals surface area (Å²) in [6.45, 7) is 1.76. The van der Waals surface area contributed by atoms with Crippen LogP contribution in [0, 0.1) is 18.6 Å². The van der Waals surface area contributed by atoms with Crippen LogP contribution in [0.1, 0.15) is 10.7 Å². The van der Waals surface area contributed by atoms with E-state index in [4.69, 9.17) is 0 Å². The number of carbonyl (C=O) groups is 1. The van der Waals surface area contributed by atoms with Crippen LogP contribution in [0.15, 0.2) is 28.5 Å². The lowest BCUT2D eigenvalue weighted by Crippen LogP contribution is -2.42. The predicted octanol–water partition coefficient (Wildman–Crippen LogP) is 1.28. The minimum Gasteiger partial charge on any atom is -0.277 e. The van der Waals surface area contributed by atoms with Gasteiger partial charge in [-0.25, -0.2) is 22.2 Å².